The highest BCUT2D eigenvalue weighted by atomic mass is 32.2. The Hall–Kier alpha value is -1.37. The fourth-order valence-electron chi connectivity index (χ4n) is 1.65. The van der Waals surface area contributed by atoms with Crippen molar-refractivity contribution in [3.8, 4) is 0 Å². The molecule has 1 rings (SSSR count). The number of thioether (sulfide) groups is 1. The van der Waals surface area contributed by atoms with Gasteiger partial charge in [0.2, 0.25) is 0 Å². The molecule has 0 aliphatic carbocycles. The van der Waals surface area contributed by atoms with Gasteiger partial charge in [-0.2, -0.15) is 0 Å². The molecule has 0 amide bonds. The summed E-state index contributed by atoms with van der Waals surface area (Å²) in [6.45, 7) is 1.40. The number of carbonyl (C=O) groups is 2. The average Bonchev–Trinajstić information content (AvgIpc) is 2.42. The van der Waals surface area contributed by atoms with Gasteiger partial charge in [-0.15, -0.1) is 0 Å². The summed E-state index contributed by atoms with van der Waals surface area (Å²) in [4.78, 5) is 21.3. The second-order valence-corrected chi connectivity index (χ2v) is 5.65. The molecule has 1 aromatic rings. The third-order valence-corrected chi connectivity index (χ3v) is 3.69. The lowest BCUT2D eigenvalue weighted by Gasteiger charge is -2.17. The molecule has 6 heteroatoms. The maximum Gasteiger partial charge on any atom is 0.303 e. The van der Waals surface area contributed by atoms with Gasteiger partial charge >= 0.3 is 5.97 Å². The minimum atomic E-state index is -1.06. The smallest absolute Gasteiger partial charge is 0.303 e. The summed E-state index contributed by atoms with van der Waals surface area (Å²) < 4.78 is 0. The first-order valence-corrected chi connectivity index (χ1v) is 7.19. The van der Waals surface area contributed by atoms with Crippen LogP contribution in [0.4, 0.5) is 0 Å². The Bertz CT molecular complexity index is 457. The highest BCUT2D eigenvalue weighted by Gasteiger charge is 2.19. The number of aryl methyl sites for hydroxylation is 1. The zero-order chi connectivity index (χ0) is 15.1. The number of hydrogen-bond donors (Lipinski definition) is 3. The minimum Gasteiger partial charge on any atom is -0.481 e. The molecule has 110 valence electrons. The molecule has 0 radical (unpaired) electrons. The van der Waals surface area contributed by atoms with Crippen molar-refractivity contribution in [3.05, 3.63) is 35.4 Å². The quantitative estimate of drug-likeness (QED) is 0.704. The van der Waals surface area contributed by atoms with Gasteiger partial charge in [0, 0.05) is 19.1 Å². The number of rotatable bonds is 7. The standard InChI is InChI=1S/C14H18O5S/c1-9(15)20-8-12(16)14(19)11-5-2-10(3-6-11)4-7-13(17)18/h2-3,5-6,12,14,16,19H,4,7-8H2,1H3,(H,17,18). The third-order valence-electron chi connectivity index (χ3n) is 2.77. The minimum absolute atomic E-state index is 0.0553. The first kappa shape index (κ1) is 16.7. The molecular weight excluding hydrogens is 280 g/mol. The molecule has 1 aromatic carbocycles. The highest BCUT2D eigenvalue weighted by molar-refractivity contribution is 8.13. The number of aliphatic carboxylic acids is 1. The lowest BCUT2D eigenvalue weighted by Crippen LogP contribution is -2.21. The van der Waals surface area contributed by atoms with Gasteiger partial charge in [-0.25, -0.2) is 0 Å². The number of aliphatic hydroxyl groups is 2. The Labute approximate surface area is 121 Å². The van der Waals surface area contributed by atoms with Crippen molar-refractivity contribution in [2.24, 2.45) is 0 Å². The van der Waals surface area contributed by atoms with Gasteiger partial charge in [-0.1, -0.05) is 36.0 Å². The first-order valence-electron chi connectivity index (χ1n) is 6.20. The van der Waals surface area contributed by atoms with Crippen LogP contribution in [0.3, 0.4) is 0 Å². The van der Waals surface area contributed by atoms with Crippen molar-refractivity contribution in [2.45, 2.75) is 32.0 Å². The van der Waals surface area contributed by atoms with E-state index in [1.807, 2.05) is 0 Å². The maximum absolute atomic E-state index is 10.8. The van der Waals surface area contributed by atoms with E-state index in [-0.39, 0.29) is 17.3 Å². The number of benzene rings is 1. The lowest BCUT2D eigenvalue weighted by atomic mass is 10.0. The first-order chi connectivity index (χ1) is 9.40. The molecule has 20 heavy (non-hydrogen) atoms. The van der Waals surface area contributed by atoms with Gasteiger partial charge in [-0.05, 0) is 17.5 Å². The van der Waals surface area contributed by atoms with E-state index in [4.69, 9.17) is 5.11 Å². The molecule has 0 fully saturated rings. The van der Waals surface area contributed by atoms with E-state index < -0.39 is 18.2 Å². The van der Waals surface area contributed by atoms with Crippen LogP contribution >= 0.6 is 11.8 Å². The molecule has 0 aromatic heterocycles. The van der Waals surface area contributed by atoms with E-state index in [1.165, 1.54) is 6.92 Å². The largest absolute Gasteiger partial charge is 0.481 e. The monoisotopic (exact) mass is 298 g/mol. The molecular formula is C14H18O5S. The lowest BCUT2D eigenvalue weighted by molar-refractivity contribution is -0.137. The molecule has 5 nitrogen and oxygen atoms in total. The van der Waals surface area contributed by atoms with E-state index in [0.717, 1.165) is 17.3 Å². The van der Waals surface area contributed by atoms with Gasteiger partial charge in [-0.3, -0.25) is 9.59 Å². The van der Waals surface area contributed by atoms with Crippen LogP contribution in [0.1, 0.15) is 30.6 Å². The molecule has 0 spiro atoms. The number of aliphatic hydroxyl groups excluding tert-OH is 2. The van der Waals surface area contributed by atoms with Crippen LogP contribution in [0.5, 0.6) is 0 Å². The van der Waals surface area contributed by atoms with Crippen LogP contribution in [0, 0.1) is 0 Å². The van der Waals surface area contributed by atoms with Crippen LogP contribution in [0.15, 0.2) is 24.3 Å². The van der Waals surface area contributed by atoms with E-state index in [2.05, 4.69) is 0 Å². The van der Waals surface area contributed by atoms with Crippen LogP contribution in [0.2, 0.25) is 0 Å². The number of hydrogen-bond acceptors (Lipinski definition) is 5. The SMILES string of the molecule is CC(=O)SCC(O)C(O)c1ccc(CCC(=O)O)cc1. The number of carboxylic acids is 1. The molecule has 0 heterocycles. The Kier molecular flexibility index (Phi) is 6.70. The van der Waals surface area contributed by atoms with Crippen LogP contribution in [-0.4, -0.2) is 38.3 Å². The fourth-order valence-corrected chi connectivity index (χ4v) is 2.24. The van der Waals surface area contributed by atoms with Crippen LogP contribution < -0.4 is 0 Å². The van der Waals surface area contributed by atoms with E-state index >= 15 is 0 Å². The highest BCUT2D eigenvalue weighted by Crippen LogP contribution is 2.21. The normalized spacial score (nSPS) is 13.8. The molecule has 0 bridgehead atoms. The Morgan fingerprint density at radius 2 is 1.80 bits per heavy atom. The van der Waals surface area contributed by atoms with Gasteiger partial charge in [0.25, 0.3) is 0 Å². The van der Waals surface area contributed by atoms with E-state index in [1.54, 1.807) is 24.3 Å². The zero-order valence-corrected chi connectivity index (χ0v) is 12.0. The van der Waals surface area contributed by atoms with Gasteiger partial charge < -0.3 is 15.3 Å². The summed E-state index contributed by atoms with van der Waals surface area (Å²) in [6, 6.07) is 6.77. The third kappa shape index (κ3) is 5.73. The number of carboxylic acid groups (broad SMARTS) is 1. The van der Waals surface area contributed by atoms with Crippen molar-refractivity contribution in [3.63, 3.8) is 0 Å². The molecule has 0 saturated carbocycles. The molecule has 0 aliphatic rings. The van der Waals surface area contributed by atoms with Crippen molar-refractivity contribution in [2.75, 3.05) is 5.75 Å². The van der Waals surface area contributed by atoms with Crippen molar-refractivity contribution in [1.29, 1.82) is 0 Å². The topological polar surface area (TPSA) is 94.8 Å². The zero-order valence-electron chi connectivity index (χ0n) is 11.2. The van der Waals surface area contributed by atoms with Gasteiger partial charge in [0.1, 0.15) is 6.10 Å². The summed E-state index contributed by atoms with van der Waals surface area (Å²) in [5.74, 6) is -0.720. The average molecular weight is 298 g/mol. The summed E-state index contributed by atoms with van der Waals surface area (Å²) in [5, 5.41) is 28.2. The van der Waals surface area contributed by atoms with Crippen LogP contribution in [-0.2, 0) is 16.0 Å². The predicted octanol–water partition coefficient (Wildman–Crippen LogP) is 1.38. The van der Waals surface area contributed by atoms with Crippen molar-refractivity contribution >= 4 is 22.8 Å². The van der Waals surface area contributed by atoms with Crippen molar-refractivity contribution in [1.82, 2.24) is 0 Å². The molecule has 2 unspecified atom stereocenters. The number of carbonyl (C=O) groups excluding carboxylic acids is 1. The van der Waals surface area contributed by atoms with E-state index in [0.29, 0.717) is 12.0 Å². The molecule has 0 saturated heterocycles. The maximum atomic E-state index is 10.8. The van der Waals surface area contributed by atoms with Gasteiger partial charge in [0.15, 0.2) is 5.12 Å². The summed E-state index contributed by atoms with van der Waals surface area (Å²) in [7, 11) is 0. The summed E-state index contributed by atoms with van der Waals surface area (Å²) in [6.07, 6.45) is -1.60. The van der Waals surface area contributed by atoms with Gasteiger partial charge in [0.05, 0.1) is 6.10 Å². The van der Waals surface area contributed by atoms with Crippen LogP contribution in [0.25, 0.3) is 0 Å². The summed E-state index contributed by atoms with van der Waals surface area (Å²) in [5.41, 5.74) is 1.40. The molecule has 3 N–H and O–H groups in total. The van der Waals surface area contributed by atoms with E-state index in [9.17, 15) is 19.8 Å². The Balaban J connectivity index is 2.58. The Morgan fingerprint density at radius 3 is 2.30 bits per heavy atom. The molecule has 2 atom stereocenters. The second-order valence-electron chi connectivity index (χ2n) is 4.45. The summed E-state index contributed by atoms with van der Waals surface area (Å²) >= 11 is 0.963. The predicted molar refractivity (Wildman–Crippen MR) is 76.5 cm³/mol. The molecule has 0 aliphatic heterocycles. The Morgan fingerprint density at radius 1 is 1.20 bits per heavy atom. The van der Waals surface area contributed by atoms with Crippen molar-refractivity contribution < 1.29 is 24.9 Å². The fraction of sp³-hybridized carbons (Fsp3) is 0.429. The second kappa shape index (κ2) is 8.04.